The molecule has 0 saturated carbocycles. The summed E-state index contributed by atoms with van der Waals surface area (Å²) < 4.78 is 72.9. The van der Waals surface area contributed by atoms with Crippen LogP contribution in [-0.2, 0) is 26.6 Å². The summed E-state index contributed by atoms with van der Waals surface area (Å²) in [5.41, 5.74) is 6.70. The third-order valence-corrected chi connectivity index (χ3v) is 8.31. The van der Waals surface area contributed by atoms with Crippen LogP contribution in [0.5, 0.6) is 5.88 Å². The number of hydrogen-bond acceptors (Lipinski definition) is 11. The van der Waals surface area contributed by atoms with E-state index in [2.05, 4.69) is 31.0 Å². The number of amides is 1. The fourth-order valence-electron chi connectivity index (χ4n) is 4.24. The van der Waals surface area contributed by atoms with Crippen molar-refractivity contribution in [2.24, 2.45) is 5.73 Å². The maximum Gasteiger partial charge on any atom is 0.574 e. The Morgan fingerprint density at radius 2 is 1.79 bits per heavy atom. The van der Waals surface area contributed by atoms with Crippen LogP contribution in [0.3, 0.4) is 0 Å². The van der Waals surface area contributed by atoms with Gasteiger partial charge in [-0.15, -0.1) is 23.4 Å². The van der Waals surface area contributed by atoms with Crippen molar-refractivity contribution < 1.29 is 35.5 Å². The topological polar surface area (TPSA) is 178 Å². The zero-order valence-electron chi connectivity index (χ0n) is 22.5. The number of sulfone groups is 1. The molecular weight excluding hydrogens is 591 g/mol. The second-order valence-electron chi connectivity index (χ2n) is 10.1. The number of alkyl halides is 3. The molecule has 0 saturated heterocycles. The van der Waals surface area contributed by atoms with Gasteiger partial charge in [0.25, 0.3) is 0 Å². The number of carbonyl (C=O) groups excluding carboxylic acids is 1. The molecule has 0 unspecified atom stereocenters. The molecule has 222 valence electrons. The van der Waals surface area contributed by atoms with Gasteiger partial charge in [-0.05, 0) is 37.6 Å². The molecular formula is C27H22F3N7O5S. The lowest BCUT2D eigenvalue weighted by molar-refractivity contribution is -0.276. The number of nitrogens with zero attached hydrogens (tertiary/aromatic N) is 6. The molecule has 1 aliphatic rings. The van der Waals surface area contributed by atoms with Gasteiger partial charge in [0.2, 0.25) is 23.6 Å². The van der Waals surface area contributed by atoms with Gasteiger partial charge in [0.15, 0.2) is 9.84 Å². The minimum atomic E-state index is -4.90. The molecule has 1 aliphatic heterocycles. The number of ether oxygens (including phenoxy) is 1. The molecule has 3 heterocycles. The molecule has 2 aromatic carbocycles. The van der Waals surface area contributed by atoms with Crippen molar-refractivity contribution in [2.75, 3.05) is 10.7 Å². The first kappa shape index (κ1) is 29.6. The first-order valence-corrected chi connectivity index (χ1v) is 14.2. The molecule has 16 heteroatoms. The van der Waals surface area contributed by atoms with E-state index >= 15 is 0 Å². The Morgan fingerprint density at radius 3 is 2.42 bits per heavy atom. The average Bonchev–Trinajstić information content (AvgIpc) is 3.44. The Balaban J connectivity index is 1.47. The maximum absolute atomic E-state index is 13.4. The first-order valence-electron chi connectivity index (χ1n) is 12.5. The summed E-state index contributed by atoms with van der Waals surface area (Å²) in [5, 5.41) is 17.3. The Morgan fingerprint density at radius 1 is 1.09 bits per heavy atom. The van der Waals surface area contributed by atoms with Crippen molar-refractivity contribution in [3.8, 4) is 34.7 Å². The van der Waals surface area contributed by atoms with Crippen molar-refractivity contribution in [3.05, 3.63) is 66.3 Å². The van der Waals surface area contributed by atoms with Crippen molar-refractivity contribution in [2.45, 2.75) is 43.1 Å². The highest BCUT2D eigenvalue weighted by atomic mass is 32.2. The lowest BCUT2D eigenvalue weighted by Gasteiger charge is -2.24. The molecule has 0 spiro atoms. The predicted molar refractivity (Wildman–Crippen MR) is 144 cm³/mol. The Labute approximate surface area is 242 Å². The summed E-state index contributed by atoms with van der Waals surface area (Å²) in [6.45, 7) is 3.13. The van der Waals surface area contributed by atoms with Gasteiger partial charge in [0.1, 0.15) is 5.41 Å². The van der Waals surface area contributed by atoms with Gasteiger partial charge in [-0.1, -0.05) is 24.3 Å². The number of halogens is 3. The third-order valence-electron chi connectivity index (χ3n) is 6.49. The molecule has 0 radical (unpaired) electrons. The van der Waals surface area contributed by atoms with E-state index in [4.69, 9.17) is 10.2 Å². The lowest BCUT2D eigenvalue weighted by atomic mass is 9.96. The van der Waals surface area contributed by atoms with Crippen molar-refractivity contribution >= 4 is 21.4 Å². The average molecular weight is 614 g/mol. The number of nitrogens with two attached hydrogens (primary N) is 1. The van der Waals surface area contributed by atoms with Crippen LogP contribution in [0.1, 0.15) is 25.3 Å². The summed E-state index contributed by atoms with van der Waals surface area (Å²) in [6, 6.07) is 11.5. The molecule has 5 rings (SSSR count). The number of fused-ring (bicyclic) bond motifs is 1. The Kier molecular flexibility index (Phi) is 7.40. The molecule has 1 amide bonds. The van der Waals surface area contributed by atoms with Crippen molar-refractivity contribution in [1.29, 1.82) is 5.26 Å². The predicted octanol–water partition coefficient (Wildman–Crippen LogP) is 3.54. The monoisotopic (exact) mass is 613 g/mol. The van der Waals surface area contributed by atoms with Gasteiger partial charge in [0, 0.05) is 11.1 Å². The normalized spacial score (nSPS) is 16.7. The van der Waals surface area contributed by atoms with Gasteiger partial charge in [-0.3, -0.25) is 4.79 Å². The van der Waals surface area contributed by atoms with E-state index in [0.717, 1.165) is 12.4 Å². The van der Waals surface area contributed by atoms with E-state index in [1.54, 1.807) is 38.1 Å². The van der Waals surface area contributed by atoms with Crippen LogP contribution in [-0.4, -0.2) is 52.6 Å². The van der Waals surface area contributed by atoms with Gasteiger partial charge < -0.3 is 19.8 Å². The number of aromatic nitrogens is 4. The molecule has 0 fully saturated rings. The Hall–Kier alpha value is -4.88. The molecule has 4 aromatic rings. The quantitative estimate of drug-likeness (QED) is 0.336. The largest absolute Gasteiger partial charge is 0.574 e. The van der Waals surface area contributed by atoms with E-state index < -0.39 is 45.2 Å². The van der Waals surface area contributed by atoms with E-state index in [1.165, 1.54) is 23.1 Å². The van der Waals surface area contributed by atoms with Gasteiger partial charge in [-0.25, -0.2) is 18.4 Å². The van der Waals surface area contributed by atoms with Crippen LogP contribution >= 0.6 is 0 Å². The van der Waals surface area contributed by atoms with E-state index in [0.29, 0.717) is 16.7 Å². The van der Waals surface area contributed by atoms with Gasteiger partial charge in [0.05, 0.1) is 53.1 Å². The standard InChI is InChI=1S/C27H22F3N7O5S/c1-26(2,14-31)25-36-35-23(41-25)17-7-8-21-20(9-17)37(24(38)18(32)13-43(21,39)40)12-15-3-5-16(6-4-15)19-10-34-22(11-33-19)42-27(28,29)30/h3-11,18H,12-13,32H2,1-2H3/t18-/m0/s1. The Bertz CT molecular complexity index is 1830. The number of anilines is 1. The zero-order valence-corrected chi connectivity index (χ0v) is 23.3. The van der Waals surface area contributed by atoms with Crippen LogP contribution in [0.2, 0.25) is 0 Å². The molecule has 12 nitrogen and oxygen atoms in total. The smallest absolute Gasteiger partial charge is 0.419 e. The highest BCUT2D eigenvalue weighted by Crippen LogP contribution is 2.36. The second kappa shape index (κ2) is 10.7. The van der Waals surface area contributed by atoms with Crippen molar-refractivity contribution in [3.63, 3.8) is 0 Å². The summed E-state index contributed by atoms with van der Waals surface area (Å²) in [7, 11) is -3.96. The fraction of sp³-hybridized carbons (Fsp3) is 0.259. The number of hydrogen-bond donors (Lipinski definition) is 1. The fourth-order valence-corrected chi connectivity index (χ4v) is 5.80. The van der Waals surface area contributed by atoms with Crippen LogP contribution in [0.25, 0.3) is 22.7 Å². The van der Waals surface area contributed by atoms with Crippen LogP contribution in [0.4, 0.5) is 18.9 Å². The summed E-state index contributed by atoms with van der Waals surface area (Å²) >= 11 is 0. The molecule has 0 bridgehead atoms. The van der Waals surface area contributed by atoms with Gasteiger partial charge >= 0.3 is 6.36 Å². The third kappa shape index (κ3) is 6.17. The molecule has 0 aliphatic carbocycles. The number of nitriles is 1. The first-order chi connectivity index (χ1) is 20.2. The minimum Gasteiger partial charge on any atom is -0.419 e. The van der Waals surface area contributed by atoms with Crippen LogP contribution in [0, 0.1) is 11.3 Å². The zero-order chi connectivity index (χ0) is 31.2. The number of rotatable bonds is 6. The molecule has 2 N–H and O–H groups in total. The van der Waals surface area contributed by atoms with E-state index in [9.17, 15) is 31.6 Å². The lowest BCUT2D eigenvalue weighted by Crippen LogP contribution is -2.45. The maximum atomic E-state index is 13.4. The van der Waals surface area contributed by atoms with E-state index in [1.807, 2.05) is 0 Å². The summed E-state index contributed by atoms with van der Waals surface area (Å²) in [5.74, 6) is -1.85. The molecule has 2 aromatic heterocycles. The molecule has 43 heavy (non-hydrogen) atoms. The minimum absolute atomic E-state index is 0.0246. The van der Waals surface area contributed by atoms with Crippen LogP contribution < -0.4 is 15.4 Å². The highest BCUT2D eigenvalue weighted by Gasteiger charge is 2.37. The van der Waals surface area contributed by atoms with E-state index in [-0.39, 0.29) is 34.6 Å². The SMILES string of the molecule is CC(C)(C#N)c1nnc(-c2ccc3c(c2)N(Cc2ccc(-c4cnc(OC(F)(F)F)cn4)cc2)C(=O)[C@@H](N)CS3(=O)=O)o1. The number of carbonyl (C=O) groups is 1. The highest BCUT2D eigenvalue weighted by molar-refractivity contribution is 7.91. The van der Waals surface area contributed by atoms with Crippen LogP contribution in [0.15, 0.2) is 64.2 Å². The number of benzene rings is 2. The molecule has 1 atom stereocenters. The van der Waals surface area contributed by atoms with Gasteiger partial charge in [-0.2, -0.15) is 5.26 Å². The second-order valence-corrected chi connectivity index (χ2v) is 12.1. The summed E-state index contributed by atoms with van der Waals surface area (Å²) in [6.07, 6.45) is -2.93. The van der Waals surface area contributed by atoms with Crippen molar-refractivity contribution in [1.82, 2.24) is 20.2 Å². The summed E-state index contributed by atoms with van der Waals surface area (Å²) in [4.78, 5) is 22.1.